The quantitative estimate of drug-likeness (QED) is 0.671. The zero-order valence-corrected chi connectivity index (χ0v) is 13.6. The van der Waals surface area contributed by atoms with Crippen LogP contribution < -0.4 is 5.73 Å². The molecule has 0 aliphatic heterocycles. The van der Waals surface area contributed by atoms with Gasteiger partial charge in [0.05, 0.1) is 10.6 Å². The molecule has 0 unspecified atom stereocenters. The van der Waals surface area contributed by atoms with Gasteiger partial charge in [-0.25, -0.2) is 0 Å². The number of nitrogens with zero attached hydrogens (tertiary/aromatic N) is 1. The first-order valence-electron chi connectivity index (χ1n) is 6.34. The molecule has 5 heteroatoms. The summed E-state index contributed by atoms with van der Waals surface area (Å²) in [6.07, 6.45) is 0. The van der Waals surface area contributed by atoms with Crippen molar-refractivity contribution in [1.29, 1.82) is 0 Å². The molecule has 0 aliphatic carbocycles. The minimum atomic E-state index is 0.356. The molecule has 0 fully saturated rings. The van der Waals surface area contributed by atoms with E-state index in [1.807, 2.05) is 49.4 Å². The minimum Gasteiger partial charge on any atom is -0.380 e. The number of aryl methyl sites for hydroxylation is 1. The highest BCUT2D eigenvalue weighted by Gasteiger charge is 2.19. The molecule has 0 amide bonds. The maximum atomic E-state index is 6.31. The Hall–Kier alpha value is -1.78. The van der Waals surface area contributed by atoms with Crippen LogP contribution in [0.3, 0.4) is 0 Å². The zero-order chi connectivity index (χ0) is 15.0. The van der Waals surface area contributed by atoms with Crippen molar-refractivity contribution in [2.45, 2.75) is 6.92 Å². The summed E-state index contributed by atoms with van der Waals surface area (Å²) >= 11 is 9.70. The van der Waals surface area contributed by atoms with Crippen LogP contribution in [0.25, 0.3) is 22.5 Å². The van der Waals surface area contributed by atoms with Crippen molar-refractivity contribution in [3.05, 3.63) is 57.5 Å². The predicted molar refractivity (Wildman–Crippen MR) is 89.2 cm³/mol. The summed E-state index contributed by atoms with van der Waals surface area (Å²) in [5.74, 6) is 0.935. The molecule has 1 aromatic heterocycles. The van der Waals surface area contributed by atoms with Crippen molar-refractivity contribution in [2.75, 3.05) is 5.73 Å². The summed E-state index contributed by atoms with van der Waals surface area (Å²) in [4.78, 5) is 0. The molecule has 21 heavy (non-hydrogen) atoms. The highest BCUT2D eigenvalue weighted by Crippen LogP contribution is 2.40. The Morgan fingerprint density at radius 1 is 1.19 bits per heavy atom. The molecular formula is C16H12BrClN2O. The summed E-state index contributed by atoms with van der Waals surface area (Å²) in [7, 11) is 0. The predicted octanol–water partition coefficient (Wildman–Crippen LogP) is 5.32. The fraction of sp³-hybridized carbons (Fsp3) is 0.0625. The van der Waals surface area contributed by atoms with Crippen molar-refractivity contribution in [3.8, 4) is 22.5 Å². The summed E-state index contributed by atoms with van der Waals surface area (Å²) in [6, 6.07) is 13.6. The molecule has 0 bridgehead atoms. The third-order valence-corrected chi connectivity index (χ3v) is 4.01. The Morgan fingerprint density at radius 3 is 2.71 bits per heavy atom. The van der Waals surface area contributed by atoms with Crippen molar-refractivity contribution < 1.29 is 4.52 Å². The molecule has 0 aliphatic rings. The van der Waals surface area contributed by atoms with Gasteiger partial charge in [-0.3, -0.25) is 0 Å². The van der Waals surface area contributed by atoms with Gasteiger partial charge >= 0.3 is 0 Å². The average Bonchev–Trinajstić information content (AvgIpc) is 2.80. The van der Waals surface area contributed by atoms with Crippen molar-refractivity contribution in [2.24, 2.45) is 0 Å². The molecule has 0 spiro atoms. The largest absolute Gasteiger partial charge is 0.380 e. The minimum absolute atomic E-state index is 0.356. The van der Waals surface area contributed by atoms with E-state index in [0.717, 1.165) is 26.7 Å². The van der Waals surface area contributed by atoms with Gasteiger partial charge in [-0.05, 0) is 30.7 Å². The van der Waals surface area contributed by atoms with Crippen molar-refractivity contribution in [1.82, 2.24) is 5.16 Å². The lowest BCUT2D eigenvalue weighted by atomic mass is 10.00. The molecular weight excluding hydrogens is 352 g/mol. The molecule has 2 N–H and O–H groups in total. The van der Waals surface area contributed by atoms with Gasteiger partial charge in [-0.15, -0.1) is 0 Å². The molecule has 0 atom stereocenters. The lowest BCUT2D eigenvalue weighted by Gasteiger charge is -2.06. The molecule has 3 rings (SSSR count). The number of hydrogen-bond donors (Lipinski definition) is 1. The maximum absolute atomic E-state index is 6.31. The first kappa shape index (κ1) is 14.2. The summed E-state index contributed by atoms with van der Waals surface area (Å²) in [5, 5.41) is 4.47. The number of nitrogens with two attached hydrogens (primary N) is 1. The lowest BCUT2D eigenvalue weighted by molar-refractivity contribution is 0.436. The summed E-state index contributed by atoms with van der Waals surface area (Å²) < 4.78 is 6.33. The van der Waals surface area contributed by atoms with E-state index >= 15 is 0 Å². The van der Waals surface area contributed by atoms with Crippen LogP contribution in [-0.2, 0) is 0 Å². The Kier molecular flexibility index (Phi) is 3.74. The molecule has 0 saturated carbocycles. The van der Waals surface area contributed by atoms with Gasteiger partial charge in [0.15, 0.2) is 11.6 Å². The van der Waals surface area contributed by atoms with E-state index in [1.165, 1.54) is 0 Å². The number of anilines is 1. The topological polar surface area (TPSA) is 52.0 Å². The first-order valence-corrected chi connectivity index (χ1v) is 7.51. The maximum Gasteiger partial charge on any atom is 0.178 e. The van der Waals surface area contributed by atoms with Crippen LogP contribution in [0, 0.1) is 6.92 Å². The molecule has 0 saturated heterocycles. The molecule has 106 valence electrons. The van der Waals surface area contributed by atoms with Crippen LogP contribution in [0.2, 0.25) is 5.02 Å². The fourth-order valence-corrected chi connectivity index (χ4v) is 3.00. The molecule has 3 nitrogen and oxygen atoms in total. The number of halogens is 2. The summed E-state index contributed by atoms with van der Waals surface area (Å²) in [5.41, 5.74) is 9.62. The van der Waals surface area contributed by atoms with Crippen LogP contribution in [0.5, 0.6) is 0 Å². The monoisotopic (exact) mass is 362 g/mol. The number of benzene rings is 2. The van der Waals surface area contributed by atoms with E-state index in [-0.39, 0.29) is 0 Å². The van der Waals surface area contributed by atoms with E-state index in [4.69, 9.17) is 21.9 Å². The normalized spacial score (nSPS) is 10.8. The van der Waals surface area contributed by atoms with E-state index in [2.05, 4.69) is 21.1 Å². The Labute approximate surface area is 135 Å². The van der Waals surface area contributed by atoms with E-state index in [0.29, 0.717) is 16.6 Å². The van der Waals surface area contributed by atoms with Crippen LogP contribution >= 0.6 is 27.5 Å². The standard InChI is InChI=1S/C16H12BrClN2O/c1-9-3-2-4-10(7-9)14-15(21-20-16(14)19)12-6-5-11(17)8-13(12)18/h2-8H,1H3,(H2,19,20). The van der Waals surface area contributed by atoms with Gasteiger partial charge in [-0.2, -0.15) is 0 Å². The molecule has 1 heterocycles. The van der Waals surface area contributed by atoms with Crippen LogP contribution in [-0.4, -0.2) is 5.16 Å². The van der Waals surface area contributed by atoms with Crippen molar-refractivity contribution in [3.63, 3.8) is 0 Å². The van der Waals surface area contributed by atoms with Gasteiger partial charge in [-0.1, -0.05) is 62.5 Å². The second-order valence-corrected chi connectivity index (χ2v) is 6.09. The third-order valence-electron chi connectivity index (χ3n) is 3.20. The number of aromatic nitrogens is 1. The van der Waals surface area contributed by atoms with Crippen LogP contribution in [0.15, 0.2) is 51.5 Å². The first-order chi connectivity index (χ1) is 10.1. The highest BCUT2D eigenvalue weighted by atomic mass is 79.9. The van der Waals surface area contributed by atoms with Gasteiger partial charge in [0.1, 0.15) is 0 Å². The van der Waals surface area contributed by atoms with Crippen LogP contribution in [0.4, 0.5) is 5.82 Å². The molecule has 3 aromatic rings. The Bertz CT molecular complexity index is 814. The van der Waals surface area contributed by atoms with Crippen molar-refractivity contribution >= 4 is 33.3 Å². The van der Waals surface area contributed by atoms with E-state index in [9.17, 15) is 0 Å². The summed E-state index contributed by atoms with van der Waals surface area (Å²) in [6.45, 7) is 2.03. The second kappa shape index (κ2) is 5.54. The molecule has 0 radical (unpaired) electrons. The number of nitrogen functional groups attached to an aromatic ring is 1. The Balaban J connectivity index is 2.22. The van der Waals surface area contributed by atoms with Gasteiger partial charge in [0.2, 0.25) is 0 Å². The van der Waals surface area contributed by atoms with Gasteiger partial charge in [0, 0.05) is 10.0 Å². The lowest BCUT2D eigenvalue weighted by Crippen LogP contribution is -1.89. The van der Waals surface area contributed by atoms with E-state index < -0.39 is 0 Å². The van der Waals surface area contributed by atoms with E-state index in [1.54, 1.807) is 0 Å². The van der Waals surface area contributed by atoms with Gasteiger partial charge < -0.3 is 10.3 Å². The van der Waals surface area contributed by atoms with Gasteiger partial charge in [0.25, 0.3) is 0 Å². The number of hydrogen-bond acceptors (Lipinski definition) is 3. The second-order valence-electron chi connectivity index (χ2n) is 4.77. The SMILES string of the molecule is Cc1cccc(-c2c(N)noc2-c2ccc(Br)cc2Cl)c1. The zero-order valence-electron chi connectivity index (χ0n) is 11.2. The highest BCUT2D eigenvalue weighted by molar-refractivity contribution is 9.10. The average molecular weight is 364 g/mol. The van der Waals surface area contributed by atoms with Crippen LogP contribution in [0.1, 0.15) is 5.56 Å². The third kappa shape index (κ3) is 2.69. The fourth-order valence-electron chi connectivity index (χ4n) is 2.24. The number of rotatable bonds is 2. The Morgan fingerprint density at radius 2 is 2.00 bits per heavy atom. The smallest absolute Gasteiger partial charge is 0.178 e. The molecule has 2 aromatic carbocycles.